The molecule has 1 aliphatic rings. The molecule has 1 aromatic heterocycles. The molecule has 3 rings (SSSR count). The van der Waals surface area contributed by atoms with E-state index in [1.807, 2.05) is 0 Å². The minimum absolute atomic E-state index is 0.167. The molecule has 1 aromatic carbocycles. The second kappa shape index (κ2) is 8.41. The molecule has 3 nitrogen and oxygen atoms in total. The summed E-state index contributed by atoms with van der Waals surface area (Å²) in [6, 6.07) is 9.31. The number of benzene rings is 1. The normalized spacial score (nSPS) is 19.7. The van der Waals surface area contributed by atoms with Crippen molar-refractivity contribution in [1.29, 1.82) is 0 Å². The summed E-state index contributed by atoms with van der Waals surface area (Å²) in [4.78, 5) is 5.99. The Hall–Kier alpha value is -0.980. The Bertz CT molecular complexity index is 632. The fourth-order valence-electron chi connectivity index (χ4n) is 3.24. The number of hydrogen-bond donors (Lipinski definition) is 1. The maximum absolute atomic E-state index is 14.0. The Morgan fingerprint density at radius 3 is 2.79 bits per heavy atom. The van der Waals surface area contributed by atoms with E-state index in [-0.39, 0.29) is 18.5 Å². The largest absolute Gasteiger partial charge is 0.396 e. The number of hydrogen-bond acceptors (Lipinski definition) is 4. The van der Waals surface area contributed by atoms with Crippen LogP contribution in [0.15, 0.2) is 35.7 Å². The molecule has 0 saturated carbocycles. The van der Waals surface area contributed by atoms with Gasteiger partial charge < -0.3 is 5.11 Å². The van der Waals surface area contributed by atoms with Gasteiger partial charge in [-0.15, -0.1) is 11.3 Å². The van der Waals surface area contributed by atoms with Crippen LogP contribution in [0.25, 0.3) is 0 Å². The number of nitrogens with zero attached hydrogens (tertiary/aromatic N) is 2. The van der Waals surface area contributed by atoms with Crippen molar-refractivity contribution in [1.82, 2.24) is 9.80 Å². The molecule has 0 radical (unpaired) electrons. The van der Waals surface area contributed by atoms with Gasteiger partial charge in [-0.3, -0.25) is 9.80 Å². The van der Waals surface area contributed by atoms with Gasteiger partial charge in [0.1, 0.15) is 5.82 Å². The van der Waals surface area contributed by atoms with Crippen LogP contribution in [0.5, 0.6) is 0 Å². The second-order valence-electron chi connectivity index (χ2n) is 6.15. The lowest BCUT2D eigenvalue weighted by Crippen LogP contribution is -2.52. The molecule has 1 N–H and O–H groups in total. The summed E-state index contributed by atoms with van der Waals surface area (Å²) in [6.07, 6.45) is 0.729. The third-order valence-corrected chi connectivity index (χ3v) is 5.75. The highest BCUT2D eigenvalue weighted by molar-refractivity contribution is 7.09. The molecule has 1 atom stereocenters. The predicted octanol–water partition coefficient (Wildman–Crippen LogP) is 3.61. The molecule has 0 amide bonds. The van der Waals surface area contributed by atoms with Gasteiger partial charge in [-0.05, 0) is 30.0 Å². The van der Waals surface area contributed by atoms with Crippen LogP contribution < -0.4 is 0 Å². The molecule has 1 unspecified atom stereocenters. The molecule has 1 aliphatic heterocycles. The van der Waals surface area contributed by atoms with E-state index in [4.69, 9.17) is 11.6 Å². The van der Waals surface area contributed by atoms with E-state index >= 15 is 0 Å². The summed E-state index contributed by atoms with van der Waals surface area (Å²) in [5.41, 5.74) is 0.564. The number of aliphatic hydroxyl groups excluding tert-OH is 1. The van der Waals surface area contributed by atoms with Crippen molar-refractivity contribution >= 4 is 22.9 Å². The highest BCUT2D eigenvalue weighted by atomic mass is 35.5. The van der Waals surface area contributed by atoms with Gasteiger partial charge in [0, 0.05) is 60.8 Å². The van der Waals surface area contributed by atoms with Gasteiger partial charge in [0.2, 0.25) is 0 Å². The summed E-state index contributed by atoms with van der Waals surface area (Å²) in [6.45, 7) is 4.19. The molecule has 0 spiro atoms. The summed E-state index contributed by atoms with van der Waals surface area (Å²) >= 11 is 7.91. The van der Waals surface area contributed by atoms with Crippen LogP contribution in [0.3, 0.4) is 0 Å². The average Bonchev–Trinajstić information content (AvgIpc) is 3.07. The van der Waals surface area contributed by atoms with E-state index in [0.29, 0.717) is 17.1 Å². The first-order valence-electron chi connectivity index (χ1n) is 8.20. The van der Waals surface area contributed by atoms with Crippen molar-refractivity contribution in [3.8, 4) is 0 Å². The minimum Gasteiger partial charge on any atom is -0.396 e. The van der Waals surface area contributed by atoms with Gasteiger partial charge in [0.15, 0.2) is 0 Å². The molecule has 2 aromatic rings. The van der Waals surface area contributed by atoms with Crippen molar-refractivity contribution < 1.29 is 9.50 Å². The molecule has 1 fully saturated rings. The molecule has 0 aliphatic carbocycles. The Labute approximate surface area is 151 Å². The summed E-state index contributed by atoms with van der Waals surface area (Å²) in [7, 11) is 0. The van der Waals surface area contributed by atoms with E-state index in [2.05, 4.69) is 27.3 Å². The van der Waals surface area contributed by atoms with E-state index in [0.717, 1.165) is 32.6 Å². The molecule has 24 heavy (non-hydrogen) atoms. The Morgan fingerprint density at radius 1 is 1.21 bits per heavy atom. The number of aliphatic hydroxyl groups is 1. The van der Waals surface area contributed by atoms with E-state index in [1.54, 1.807) is 23.5 Å². The quantitative estimate of drug-likeness (QED) is 0.843. The first kappa shape index (κ1) is 17.8. The minimum atomic E-state index is -0.248. The van der Waals surface area contributed by atoms with Crippen molar-refractivity contribution in [3.63, 3.8) is 0 Å². The van der Waals surface area contributed by atoms with E-state index in [9.17, 15) is 9.50 Å². The van der Waals surface area contributed by atoms with Gasteiger partial charge >= 0.3 is 0 Å². The van der Waals surface area contributed by atoms with Crippen molar-refractivity contribution in [3.05, 3.63) is 57.0 Å². The monoisotopic (exact) mass is 368 g/mol. The Balaban J connectivity index is 1.66. The van der Waals surface area contributed by atoms with Crippen LogP contribution in [0.2, 0.25) is 5.02 Å². The van der Waals surface area contributed by atoms with Crippen LogP contribution in [-0.2, 0) is 13.1 Å². The van der Waals surface area contributed by atoms with E-state index in [1.165, 1.54) is 10.9 Å². The second-order valence-corrected chi connectivity index (χ2v) is 7.59. The summed E-state index contributed by atoms with van der Waals surface area (Å²) in [5, 5.41) is 12.0. The van der Waals surface area contributed by atoms with Gasteiger partial charge in [-0.1, -0.05) is 23.7 Å². The predicted molar refractivity (Wildman–Crippen MR) is 96.9 cm³/mol. The fourth-order valence-corrected chi connectivity index (χ4v) is 4.19. The molecular formula is C18H22ClFN2OS. The molecule has 6 heteroatoms. The van der Waals surface area contributed by atoms with Gasteiger partial charge in [0.25, 0.3) is 0 Å². The van der Waals surface area contributed by atoms with E-state index < -0.39 is 0 Å². The third kappa shape index (κ3) is 4.35. The maximum Gasteiger partial charge on any atom is 0.129 e. The first-order valence-corrected chi connectivity index (χ1v) is 9.45. The topological polar surface area (TPSA) is 26.7 Å². The molecular weight excluding hydrogens is 347 g/mol. The van der Waals surface area contributed by atoms with Crippen LogP contribution in [0.4, 0.5) is 4.39 Å². The van der Waals surface area contributed by atoms with Crippen molar-refractivity contribution in [2.24, 2.45) is 0 Å². The van der Waals surface area contributed by atoms with Gasteiger partial charge in [0.05, 0.1) is 0 Å². The fraction of sp³-hybridized carbons (Fsp3) is 0.444. The van der Waals surface area contributed by atoms with Crippen LogP contribution >= 0.6 is 22.9 Å². The standard InChI is InChI=1S/C18H22ClFN2OS/c19-17-4-1-5-18(20)16(17)13-21-7-8-22(14(11-21)6-9-23)12-15-3-2-10-24-15/h1-5,10,14,23H,6-9,11-13H2. The Morgan fingerprint density at radius 2 is 2.08 bits per heavy atom. The lowest BCUT2D eigenvalue weighted by molar-refractivity contribution is 0.0502. The van der Waals surface area contributed by atoms with Crippen molar-refractivity contribution in [2.75, 3.05) is 26.2 Å². The lowest BCUT2D eigenvalue weighted by Gasteiger charge is -2.41. The number of piperazine rings is 1. The zero-order valence-corrected chi connectivity index (χ0v) is 15.1. The first-order chi connectivity index (χ1) is 11.7. The zero-order valence-electron chi connectivity index (χ0n) is 13.5. The summed E-state index contributed by atoms with van der Waals surface area (Å²) in [5.74, 6) is -0.248. The lowest BCUT2D eigenvalue weighted by atomic mass is 10.1. The van der Waals surface area contributed by atoms with Gasteiger partial charge in [-0.25, -0.2) is 4.39 Å². The Kier molecular flexibility index (Phi) is 6.25. The number of halogens is 2. The van der Waals surface area contributed by atoms with Crippen LogP contribution in [-0.4, -0.2) is 47.2 Å². The van der Waals surface area contributed by atoms with Crippen molar-refractivity contribution in [2.45, 2.75) is 25.6 Å². The smallest absolute Gasteiger partial charge is 0.129 e. The zero-order chi connectivity index (χ0) is 16.9. The average molecular weight is 369 g/mol. The highest BCUT2D eigenvalue weighted by Crippen LogP contribution is 2.24. The molecule has 1 saturated heterocycles. The van der Waals surface area contributed by atoms with Crippen LogP contribution in [0.1, 0.15) is 16.9 Å². The maximum atomic E-state index is 14.0. The highest BCUT2D eigenvalue weighted by Gasteiger charge is 2.27. The number of thiophene rings is 1. The molecule has 2 heterocycles. The molecule has 0 bridgehead atoms. The summed E-state index contributed by atoms with van der Waals surface area (Å²) < 4.78 is 14.0. The van der Waals surface area contributed by atoms with Gasteiger partial charge in [-0.2, -0.15) is 0 Å². The van der Waals surface area contributed by atoms with Crippen LogP contribution in [0, 0.1) is 5.82 Å². The molecule has 130 valence electrons. The number of rotatable bonds is 6. The SMILES string of the molecule is OCCC1CN(Cc2c(F)cccc2Cl)CCN1Cc1cccs1. The third-order valence-electron chi connectivity index (χ3n) is 4.53.